The molecule has 134 valence electrons. The summed E-state index contributed by atoms with van der Waals surface area (Å²) in [5.74, 6) is -0.213. The molecule has 1 aliphatic heterocycles. The van der Waals surface area contributed by atoms with Gasteiger partial charge >= 0.3 is 6.03 Å². The highest BCUT2D eigenvalue weighted by Gasteiger charge is 2.55. The number of carbonyl (C=O) groups is 3. The molecule has 2 atom stereocenters. The summed E-state index contributed by atoms with van der Waals surface area (Å²) in [5.41, 5.74) is -0.779. The highest BCUT2D eigenvalue weighted by atomic mass is 16.2. The highest BCUT2D eigenvalue weighted by molar-refractivity contribution is 6.09. The first-order valence-electron chi connectivity index (χ1n) is 9.35. The summed E-state index contributed by atoms with van der Waals surface area (Å²) >= 11 is 0. The van der Waals surface area contributed by atoms with Crippen molar-refractivity contribution in [3.8, 4) is 0 Å². The summed E-state index contributed by atoms with van der Waals surface area (Å²) in [7, 11) is 1.80. The van der Waals surface area contributed by atoms with Crippen LogP contribution in [0, 0.1) is 5.92 Å². The molecule has 0 radical (unpaired) electrons. The van der Waals surface area contributed by atoms with E-state index in [-0.39, 0.29) is 30.3 Å². The summed E-state index contributed by atoms with van der Waals surface area (Å²) in [6.07, 6.45) is 9.21. The van der Waals surface area contributed by atoms with E-state index in [0.717, 1.165) is 49.8 Å². The van der Waals surface area contributed by atoms with Gasteiger partial charge in [0.05, 0.1) is 0 Å². The molecule has 1 saturated heterocycles. The average molecular weight is 335 g/mol. The number of hydrogen-bond donors (Lipinski definition) is 1. The van der Waals surface area contributed by atoms with Crippen molar-refractivity contribution in [3.05, 3.63) is 0 Å². The van der Waals surface area contributed by atoms with E-state index in [9.17, 15) is 14.4 Å². The SMILES string of the molecule is C[C@@H]1CCCC[C@@]12NC(=O)N(CC(=O)N(C)C1CCCCC1)C2=O. The van der Waals surface area contributed by atoms with Crippen LogP contribution in [-0.4, -0.2) is 52.8 Å². The number of carbonyl (C=O) groups excluding carboxylic acids is 3. The highest BCUT2D eigenvalue weighted by Crippen LogP contribution is 2.38. The minimum atomic E-state index is -0.779. The van der Waals surface area contributed by atoms with Crippen molar-refractivity contribution in [1.82, 2.24) is 15.1 Å². The van der Waals surface area contributed by atoms with E-state index in [1.165, 1.54) is 6.42 Å². The number of nitrogens with one attached hydrogen (secondary N) is 1. The number of urea groups is 1. The van der Waals surface area contributed by atoms with Gasteiger partial charge in [0.15, 0.2) is 0 Å². The third-order valence-corrected chi connectivity index (χ3v) is 6.31. The molecule has 4 amide bonds. The normalized spacial score (nSPS) is 31.4. The molecule has 3 fully saturated rings. The van der Waals surface area contributed by atoms with Gasteiger partial charge < -0.3 is 10.2 Å². The lowest BCUT2D eigenvalue weighted by molar-refractivity contribution is -0.141. The Morgan fingerprint density at radius 2 is 1.83 bits per heavy atom. The standard InChI is InChI=1S/C18H29N3O3/c1-13-8-6-7-11-18(13)16(23)21(17(24)19-18)12-15(22)20(2)14-9-4-3-5-10-14/h13-14H,3-12H2,1-2H3,(H,19,24)/t13-,18-/m1/s1. The van der Waals surface area contributed by atoms with Crippen LogP contribution in [0.4, 0.5) is 4.79 Å². The molecule has 3 rings (SSSR count). The quantitative estimate of drug-likeness (QED) is 0.805. The topological polar surface area (TPSA) is 69.7 Å². The predicted molar refractivity (Wildman–Crippen MR) is 90.3 cm³/mol. The van der Waals surface area contributed by atoms with Gasteiger partial charge in [-0.15, -0.1) is 0 Å². The lowest BCUT2D eigenvalue weighted by atomic mass is 9.73. The molecule has 0 aromatic heterocycles. The summed E-state index contributed by atoms with van der Waals surface area (Å²) in [6.45, 7) is 1.89. The summed E-state index contributed by atoms with van der Waals surface area (Å²) < 4.78 is 0. The van der Waals surface area contributed by atoms with Gasteiger partial charge in [-0.05, 0) is 31.6 Å². The zero-order valence-corrected chi connectivity index (χ0v) is 14.8. The maximum Gasteiger partial charge on any atom is 0.325 e. The first-order chi connectivity index (χ1) is 11.5. The second-order valence-electron chi connectivity index (χ2n) is 7.74. The third-order valence-electron chi connectivity index (χ3n) is 6.31. The van der Waals surface area contributed by atoms with Crippen molar-refractivity contribution >= 4 is 17.8 Å². The maximum atomic E-state index is 12.9. The average Bonchev–Trinajstić information content (AvgIpc) is 2.82. The van der Waals surface area contributed by atoms with Crippen LogP contribution in [0.25, 0.3) is 0 Å². The molecular formula is C18H29N3O3. The smallest absolute Gasteiger partial charge is 0.325 e. The van der Waals surface area contributed by atoms with Gasteiger partial charge in [-0.25, -0.2) is 4.79 Å². The lowest BCUT2D eigenvalue weighted by Gasteiger charge is -2.37. The second-order valence-corrected chi connectivity index (χ2v) is 7.74. The van der Waals surface area contributed by atoms with E-state index in [4.69, 9.17) is 0 Å². The minimum Gasteiger partial charge on any atom is -0.341 e. The van der Waals surface area contributed by atoms with Gasteiger partial charge in [0.25, 0.3) is 5.91 Å². The van der Waals surface area contributed by atoms with Gasteiger partial charge in [-0.2, -0.15) is 0 Å². The minimum absolute atomic E-state index is 0.124. The zero-order chi connectivity index (χ0) is 17.3. The summed E-state index contributed by atoms with van der Waals surface area (Å²) in [5, 5.41) is 2.91. The zero-order valence-electron chi connectivity index (χ0n) is 14.8. The van der Waals surface area contributed by atoms with Crippen molar-refractivity contribution in [2.45, 2.75) is 76.3 Å². The monoisotopic (exact) mass is 335 g/mol. The van der Waals surface area contributed by atoms with E-state index in [1.54, 1.807) is 11.9 Å². The molecule has 2 aliphatic carbocycles. The van der Waals surface area contributed by atoms with Gasteiger partial charge in [0, 0.05) is 13.1 Å². The van der Waals surface area contributed by atoms with Crippen LogP contribution in [0.3, 0.4) is 0 Å². The van der Waals surface area contributed by atoms with E-state index in [2.05, 4.69) is 5.32 Å². The van der Waals surface area contributed by atoms with E-state index < -0.39 is 11.6 Å². The van der Waals surface area contributed by atoms with E-state index >= 15 is 0 Å². The Bertz CT molecular complexity index is 530. The van der Waals surface area contributed by atoms with Crippen LogP contribution in [0.15, 0.2) is 0 Å². The number of rotatable bonds is 3. The van der Waals surface area contributed by atoms with Crippen LogP contribution in [-0.2, 0) is 9.59 Å². The van der Waals surface area contributed by atoms with Crippen LogP contribution in [0.2, 0.25) is 0 Å². The third kappa shape index (κ3) is 2.91. The molecule has 24 heavy (non-hydrogen) atoms. The number of nitrogens with zero attached hydrogens (tertiary/aromatic N) is 2. The van der Waals surface area contributed by atoms with Crippen molar-refractivity contribution in [3.63, 3.8) is 0 Å². The van der Waals surface area contributed by atoms with E-state index in [0.29, 0.717) is 6.42 Å². The molecule has 2 saturated carbocycles. The van der Waals surface area contributed by atoms with Gasteiger partial charge in [0.1, 0.15) is 12.1 Å². The van der Waals surface area contributed by atoms with Crippen molar-refractivity contribution < 1.29 is 14.4 Å². The first kappa shape index (κ1) is 17.2. The van der Waals surface area contributed by atoms with Gasteiger partial charge in [-0.1, -0.05) is 39.0 Å². The lowest BCUT2D eigenvalue weighted by Crippen LogP contribution is -2.54. The van der Waals surface area contributed by atoms with E-state index in [1.807, 2.05) is 6.92 Å². The number of imide groups is 1. The molecule has 3 aliphatic rings. The Kier molecular flexibility index (Phi) is 4.83. The number of likely N-dealkylation sites (N-methyl/N-ethyl adjacent to an activating group) is 1. The fraction of sp³-hybridized carbons (Fsp3) is 0.833. The Balaban J connectivity index is 1.67. The molecule has 0 unspecified atom stereocenters. The Morgan fingerprint density at radius 3 is 2.50 bits per heavy atom. The fourth-order valence-electron chi connectivity index (χ4n) is 4.56. The molecule has 1 N–H and O–H groups in total. The molecule has 1 heterocycles. The Hall–Kier alpha value is -1.59. The Morgan fingerprint density at radius 1 is 1.17 bits per heavy atom. The van der Waals surface area contributed by atoms with Crippen LogP contribution >= 0.6 is 0 Å². The summed E-state index contributed by atoms with van der Waals surface area (Å²) in [6, 6.07) is -0.159. The molecule has 0 aromatic carbocycles. The van der Waals surface area contributed by atoms with Crippen molar-refractivity contribution in [2.75, 3.05) is 13.6 Å². The molecule has 1 spiro atoms. The van der Waals surface area contributed by atoms with Crippen LogP contribution in [0.1, 0.15) is 64.7 Å². The van der Waals surface area contributed by atoms with Crippen molar-refractivity contribution in [1.29, 1.82) is 0 Å². The largest absolute Gasteiger partial charge is 0.341 e. The number of amides is 4. The van der Waals surface area contributed by atoms with Crippen LogP contribution < -0.4 is 5.32 Å². The molecule has 6 nitrogen and oxygen atoms in total. The van der Waals surface area contributed by atoms with Crippen LogP contribution in [0.5, 0.6) is 0 Å². The maximum absolute atomic E-state index is 12.9. The second kappa shape index (κ2) is 6.73. The number of hydrogen-bond acceptors (Lipinski definition) is 3. The van der Waals surface area contributed by atoms with Gasteiger partial charge in [-0.3, -0.25) is 14.5 Å². The van der Waals surface area contributed by atoms with Crippen molar-refractivity contribution in [2.24, 2.45) is 5.92 Å². The van der Waals surface area contributed by atoms with Gasteiger partial charge in [0.2, 0.25) is 5.91 Å². The first-order valence-corrected chi connectivity index (χ1v) is 9.35. The predicted octanol–water partition coefficient (Wildman–Crippen LogP) is 2.28. The molecule has 6 heteroatoms. The Labute approximate surface area is 143 Å². The molecule has 0 aromatic rings. The molecule has 0 bridgehead atoms. The summed E-state index contributed by atoms with van der Waals surface area (Å²) in [4.78, 5) is 40.8. The fourth-order valence-corrected chi connectivity index (χ4v) is 4.56. The molecular weight excluding hydrogens is 306 g/mol.